The number of halogens is 6. The summed E-state index contributed by atoms with van der Waals surface area (Å²) in [4.78, 5) is 11.9. The lowest BCUT2D eigenvalue weighted by atomic mass is 10.1. The van der Waals surface area contributed by atoms with Crippen LogP contribution in [-0.2, 0) is 18.9 Å². The second kappa shape index (κ2) is 8.09. The lowest BCUT2D eigenvalue weighted by Gasteiger charge is -2.13. The van der Waals surface area contributed by atoms with Crippen LogP contribution in [0.2, 0.25) is 0 Å². The zero-order valence-electron chi connectivity index (χ0n) is 15.0. The standard InChI is InChI=1S/C19H13F6N3O2/c20-18(21,22)13-8-6-12(7-9-13)10-26-17(29)30-15-11-27-28(16(15)19(23,24)25)14-4-2-1-3-5-14/h1-9,11H,10H2,(H,26,29). The molecule has 0 unspecified atom stereocenters. The van der Waals surface area contributed by atoms with Crippen LogP contribution in [0, 0.1) is 0 Å². The molecule has 30 heavy (non-hydrogen) atoms. The second-order valence-electron chi connectivity index (χ2n) is 6.04. The number of alkyl halides is 6. The van der Waals surface area contributed by atoms with Crippen molar-refractivity contribution in [3.63, 3.8) is 0 Å². The van der Waals surface area contributed by atoms with Gasteiger partial charge in [0.2, 0.25) is 0 Å². The normalized spacial score (nSPS) is 11.9. The topological polar surface area (TPSA) is 56.1 Å². The molecular weight excluding hydrogens is 416 g/mol. The largest absolute Gasteiger partial charge is 0.437 e. The summed E-state index contributed by atoms with van der Waals surface area (Å²) in [5, 5.41) is 5.83. The molecule has 5 nitrogen and oxygen atoms in total. The van der Waals surface area contributed by atoms with Crippen molar-refractivity contribution >= 4 is 6.09 Å². The van der Waals surface area contributed by atoms with Gasteiger partial charge in [-0.25, -0.2) is 9.48 Å². The van der Waals surface area contributed by atoms with E-state index in [-0.39, 0.29) is 12.2 Å². The number of nitrogens with zero attached hydrogens (tertiary/aromatic N) is 2. The summed E-state index contributed by atoms with van der Waals surface area (Å²) in [7, 11) is 0. The van der Waals surface area contributed by atoms with Crippen molar-refractivity contribution in [2.24, 2.45) is 0 Å². The van der Waals surface area contributed by atoms with Gasteiger partial charge in [-0.3, -0.25) is 0 Å². The molecule has 1 N–H and O–H groups in total. The predicted octanol–water partition coefficient (Wildman–Crippen LogP) is 5.20. The van der Waals surface area contributed by atoms with E-state index in [4.69, 9.17) is 4.74 Å². The van der Waals surface area contributed by atoms with E-state index in [1.165, 1.54) is 24.3 Å². The highest BCUT2D eigenvalue weighted by molar-refractivity contribution is 5.70. The number of rotatable bonds is 4. The lowest BCUT2D eigenvalue weighted by Crippen LogP contribution is -2.27. The number of benzene rings is 2. The number of aromatic nitrogens is 2. The minimum absolute atomic E-state index is 0.116. The zero-order chi connectivity index (χ0) is 21.9. The van der Waals surface area contributed by atoms with E-state index in [2.05, 4.69) is 10.4 Å². The first-order valence-corrected chi connectivity index (χ1v) is 8.38. The summed E-state index contributed by atoms with van der Waals surface area (Å²) in [6.07, 6.45) is -9.83. The molecular formula is C19H13F6N3O2. The van der Waals surface area contributed by atoms with Crippen LogP contribution in [0.25, 0.3) is 5.69 Å². The molecule has 0 atom stereocenters. The Bertz CT molecular complexity index is 1010. The Balaban J connectivity index is 1.72. The summed E-state index contributed by atoms with van der Waals surface area (Å²) < 4.78 is 83.5. The van der Waals surface area contributed by atoms with Gasteiger partial charge in [0, 0.05) is 6.54 Å². The Morgan fingerprint density at radius 2 is 1.57 bits per heavy atom. The van der Waals surface area contributed by atoms with Crippen molar-refractivity contribution < 1.29 is 35.9 Å². The van der Waals surface area contributed by atoms with Crippen LogP contribution in [0.3, 0.4) is 0 Å². The van der Waals surface area contributed by atoms with Crippen molar-refractivity contribution in [3.8, 4) is 11.4 Å². The van der Waals surface area contributed by atoms with Crippen LogP contribution in [0.1, 0.15) is 16.8 Å². The molecule has 0 bridgehead atoms. The van der Waals surface area contributed by atoms with Crippen LogP contribution in [0.5, 0.6) is 5.75 Å². The van der Waals surface area contributed by atoms with Crippen molar-refractivity contribution in [3.05, 3.63) is 77.6 Å². The summed E-state index contributed by atoms with van der Waals surface area (Å²) in [6.45, 7) is -0.245. The van der Waals surface area contributed by atoms with E-state index in [0.29, 0.717) is 10.2 Å². The Hall–Kier alpha value is -3.50. The third-order valence-corrected chi connectivity index (χ3v) is 3.93. The maximum absolute atomic E-state index is 13.5. The van der Waals surface area contributed by atoms with Crippen LogP contribution < -0.4 is 10.1 Å². The van der Waals surface area contributed by atoms with Gasteiger partial charge in [-0.1, -0.05) is 30.3 Å². The first-order valence-electron chi connectivity index (χ1n) is 8.38. The molecule has 158 valence electrons. The molecule has 3 aromatic rings. The van der Waals surface area contributed by atoms with Gasteiger partial charge in [0.25, 0.3) is 0 Å². The fourth-order valence-corrected chi connectivity index (χ4v) is 2.55. The third kappa shape index (κ3) is 4.91. The van der Waals surface area contributed by atoms with Crippen LogP contribution >= 0.6 is 0 Å². The van der Waals surface area contributed by atoms with E-state index in [1.807, 2.05) is 0 Å². The van der Waals surface area contributed by atoms with Crippen molar-refractivity contribution in [1.29, 1.82) is 0 Å². The van der Waals surface area contributed by atoms with Gasteiger partial charge in [-0.15, -0.1) is 0 Å². The number of ether oxygens (including phenoxy) is 1. The van der Waals surface area contributed by atoms with E-state index >= 15 is 0 Å². The van der Waals surface area contributed by atoms with Gasteiger partial charge in [-0.2, -0.15) is 31.4 Å². The van der Waals surface area contributed by atoms with E-state index < -0.39 is 35.5 Å². The number of carbonyl (C=O) groups is 1. The first-order chi connectivity index (χ1) is 14.1. The summed E-state index contributed by atoms with van der Waals surface area (Å²) in [5.74, 6) is -0.809. The van der Waals surface area contributed by atoms with Gasteiger partial charge >= 0.3 is 18.4 Å². The molecule has 1 heterocycles. The lowest BCUT2D eigenvalue weighted by molar-refractivity contribution is -0.143. The molecule has 0 aliphatic rings. The average molecular weight is 429 g/mol. The number of hydrogen-bond donors (Lipinski definition) is 1. The van der Waals surface area contributed by atoms with Gasteiger partial charge in [0.05, 0.1) is 17.4 Å². The Labute approximate surface area is 165 Å². The maximum atomic E-state index is 13.5. The molecule has 0 aliphatic heterocycles. The van der Waals surface area contributed by atoms with Gasteiger partial charge < -0.3 is 10.1 Å². The van der Waals surface area contributed by atoms with Gasteiger partial charge in [0.1, 0.15) is 0 Å². The Morgan fingerprint density at radius 1 is 0.933 bits per heavy atom. The second-order valence-corrected chi connectivity index (χ2v) is 6.04. The number of nitrogens with one attached hydrogen (secondary N) is 1. The van der Waals surface area contributed by atoms with Crippen LogP contribution in [-0.4, -0.2) is 15.9 Å². The molecule has 2 aromatic carbocycles. The number of carbonyl (C=O) groups excluding carboxylic acids is 1. The third-order valence-electron chi connectivity index (χ3n) is 3.93. The SMILES string of the molecule is O=C(NCc1ccc(C(F)(F)F)cc1)Oc1cnn(-c2ccccc2)c1C(F)(F)F. The minimum atomic E-state index is -4.87. The minimum Gasteiger partial charge on any atom is -0.406 e. The number of para-hydroxylation sites is 1. The molecule has 0 saturated carbocycles. The first kappa shape index (κ1) is 21.2. The molecule has 0 saturated heterocycles. The summed E-state index contributed by atoms with van der Waals surface area (Å²) >= 11 is 0. The van der Waals surface area contributed by atoms with E-state index in [1.54, 1.807) is 6.07 Å². The van der Waals surface area contributed by atoms with Crippen LogP contribution in [0.4, 0.5) is 31.1 Å². The molecule has 0 spiro atoms. The van der Waals surface area contributed by atoms with Crippen LogP contribution in [0.15, 0.2) is 60.8 Å². The smallest absolute Gasteiger partial charge is 0.406 e. The molecule has 0 fully saturated rings. The molecule has 3 rings (SSSR count). The Kier molecular flexibility index (Phi) is 5.72. The number of amides is 1. The fraction of sp³-hybridized carbons (Fsp3) is 0.158. The Morgan fingerprint density at radius 3 is 2.13 bits per heavy atom. The zero-order valence-corrected chi connectivity index (χ0v) is 15.0. The highest BCUT2D eigenvalue weighted by Gasteiger charge is 2.40. The fourth-order valence-electron chi connectivity index (χ4n) is 2.55. The summed E-state index contributed by atoms with van der Waals surface area (Å²) in [6, 6.07) is 11.4. The predicted molar refractivity (Wildman–Crippen MR) is 92.9 cm³/mol. The van der Waals surface area contributed by atoms with Gasteiger partial charge in [-0.05, 0) is 29.8 Å². The summed E-state index contributed by atoms with van der Waals surface area (Å²) in [5.41, 5.74) is -1.73. The molecule has 1 aromatic heterocycles. The van der Waals surface area contributed by atoms with Crippen molar-refractivity contribution in [2.45, 2.75) is 18.9 Å². The highest BCUT2D eigenvalue weighted by atomic mass is 19.4. The molecule has 1 amide bonds. The highest BCUT2D eigenvalue weighted by Crippen LogP contribution is 2.37. The molecule has 0 radical (unpaired) electrons. The quantitative estimate of drug-likeness (QED) is 0.581. The molecule has 11 heteroatoms. The van der Waals surface area contributed by atoms with Crippen molar-refractivity contribution in [1.82, 2.24) is 15.1 Å². The van der Waals surface area contributed by atoms with E-state index in [9.17, 15) is 31.1 Å². The van der Waals surface area contributed by atoms with Crippen molar-refractivity contribution in [2.75, 3.05) is 0 Å². The average Bonchev–Trinajstić information content (AvgIpc) is 3.11. The molecule has 0 aliphatic carbocycles. The van der Waals surface area contributed by atoms with Gasteiger partial charge in [0.15, 0.2) is 11.4 Å². The maximum Gasteiger partial charge on any atom is 0.437 e. The number of hydrogen-bond acceptors (Lipinski definition) is 3. The monoisotopic (exact) mass is 429 g/mol. The van der Waals surface area contributed by atoms with E-state index in [0.717, 1.165) is 30.5 Å².